The van der Waals surface area contributed by atoms with Gasteiger partial charge in [-0.2, -0.15) is 0 Å². The zero-order valence-electron chi connectivity index (χ0n) is 8.50. The Balaban J connectivity index is 2.32. The van der Waals surface area contributed by atoms with Crippen LogP contribution in [0, 0.1) is 0 Å². The highest BCUT2D eigenvalue weighted by atomic mass is 79.9. The second-order valence-electron chi connectivity index (χ2n) is 3.93. The van der Waals surface area contributed by atoms with Gasteiger partial charge >= 0.3 is 0 Å². The largest absolute Gasteiger partial charge is 0.386 e. The van der Waals surface area contributed by atoms with Crippen LogP contribution in [0.4, 0.5) is 5.69 Å². The number of hydrogen-bond acceptors (Lipinski definition) is 2. The van der Waals surface area contributed by atoms with Gasteiger partial charge in [-0.05, 0) is 40.9 Å². The molecule has 1 saturated carbocycles. The molecule has 0 saturated heterocycles. The fraction of sp³-hybridized carbons (Fsp3) is 0.364. The lowest BCUT2D eigenvalue weighted by molar-refractivity contribution is 0.919. The number of anilines is 1. The van der Waals surface area contributed by atoms with E-state index in [1.165, 1.54) is 18.7 Å². The number of aromatic nitrogens is 2. The number of fused-ring (bicyclic) bond motifs is 1. The van der Waals surface area contributed by atoms with Crippen LogP contribution in [0.2, 0.25) is 0 Å². The van der Waals surface area contributed by atoms with E-state index in [4.69, 9.17) is 0 Å². The van der Waals surface area contributed by atoms with Gasteiger partial charge in [0.15, 0.2) is 0 Å². The van der Waals surface area contributed by atoms with Crippen molar-refractivity contribution >= 4 is 27.1 Å². The minimum absolute atomic E-state index is 0.663. The van der Waals surface area contributed by atoms with Crippen LogP contribution in [-0.2, 0) is 0 Å². The molecule has 1 N–H and O–H groups in total. The van der Waals surface area contributed by atoms with Crippen molar-refractivity contribution in [1.29, 1.82) is 0 Å². The van der Waals surface area contributed by atoms with E-state index in [0.717, 1.165) is 15.8 Å². The molecular weight excluding hydrogens is 254 g/mol. The van der Waals surface area contributed by atoms with Crippen molar-refractivity contribution in [1.82, 2.24) is 9.38 Å². The predicted octanol–water partition coefficient (Wildman–Crippen LogP) is 3.02. The van der Waals surface area contributed by atoms with Gasteiger partial charge in [0.2, 0.25) is 0 Å². The van der Waals surface area contributed by atoms with Crippen LogP contribution in [-0.4, -0.2) is 16.4 Å². The molecule has 0 radical (unpaired) electrons. The van der Waals surface area contributed by atoms with E-state index in [1.807, 2.05) is 7.05 Å². The van der Waals surface area contributed by atoms with Gasteiger partial charge in [-0.3, -0.25) is 0 Å². The summed E-state index contributed by atoms with van der Waals surface area (Å²) in [6, 6.07) is 4.12. The van der Waals surface area contributed by atoms with Crippen LogP contribution in [0.15, 0.2) is 22.9 Å². The van der Waals surface area contributed by atoms with Crippen LogP contribution >= 0.6 is 15.9 Å². The first kappa shape index (κ1) is 9.21. The summed E-state index contributed by atoms with van der Waals surface area (Å²) in [6.45, 7) is 0. The molecule has 0 spiro atoms. The zero-order valence-corrected chi connectivity index (χ0v) is 10.1. The fourth-order valence-corrected chi connectivity index (χ4v) is 2.53. The molecule has 78 valence electrons. The highest BCUT2D eigenvalue weighted by molar-refractivity contribution is 9.10. The van der Waals surface area contributed by atoms with Crippen molar-refractivity contribution in [3.63, 3.8) is 0 Å². The quantitative estimate of drug-likeness (QED) is 0.905. The maximum Gasteiger partial charge on any atom is 0.134 e. The number of nitrogens with zero attached hydrogens (tertiary/aromatic N) is 2. The molecule has 1 fully saturated rings. The molecule has 0 bridgehead atoms. The third-order valence-electron chi connectivity index (χ3n) is 2.86. The number of rotatable bonds is 2. The van der Waals surface area contributed by atoms with Gasteiger partial charge in [-0.1, -0.05) is 0 Å². The highest BCUT2D eigenvalue weighted by Crippen LogP contribution is 2.41. The summed E-state index contributed by atoms with van der Waals surface area (Å²) < 4.78 is 3.13. The Morgan fingerprint density at radius 1 is 1.53 bits per heavy atom. The zero-order chi connectivity index (χ0) is 10.4. The van der Waals surface area contributed by atoms with Gasteiger partial charge in [0.1, 0.15) is 15.9 Å². The molecule has 0 amide bonds. The minimum Gasteiger partial charge on any atom is -0.386 e. The Morgan fingerprint density at radius 3 is 3.00 bits per heavy atom. The first-order valence-corrected chi connectivity index (χ1v) is 5.95. The maximum atomic E-state index is 4.60. The van der Waals surface area contributed by atoms with Gasteiger partial charge < -0.3 is 9.72 Å². The summed E-state index contributed by atoms with van der Waals surface area (Å²) in [5, 5.41) is 3.19. The molecule has 3 nitrogen and oxygen atoms in total. The molecule has 15 heavy (non-hydrogen) atoms. The lowest BCUT2D eigenvalue weighted by atomic mass is 10.3. The van der Waals surface area contributed by atoms with Crippen molar-refractivity contribution in [3.8, 4) is 0 Å². The van der Waals surface area contributed by atoms with Crippen molar-refractivity contribution < 1.29 is 0 Å². The molecule has 4 heteroatoms. The second kappa shape index (κ2) is 3.23. The van der Waals surface area contributed by atoms with Crippen molar-refractivity contribution in [2.75, 3.05) is 12.4 Å². The fourth-order valence-electron chi connectivity index (χ4n) is 1.95. The SMILES string of the molecule is CNc1cccn2c(C3CC3)nc(Br)c12. The maximum absolute atomic E-state index is 4.60. The van der Waals surface area contributed by atoms with E-state index < -0.39 is 0 Å². The van der Waals surface area contributed by atoms with Crippen LogP contribution in [0.1, 0.15) is 24.6 Å². The molecule has 2 aromatic rings. The first-order chi connectivity index (χ1) is 7.31. The standard InChI is InChI=1S/C11H12BrN3/c1-13-8-3-2-6-15-9(8)10(12)14-11(15)7-4-5-7/h2-3,6-7,13H,4-5H2,1H3. The van der Waals surface area contributed by atoms with Crippen molar-refractivity contribution in [3.05, 3.63) is 28.8 Å². The number of imidazole rings is 1. The lowest BCUT2D eigenvalue weighted by Crippen LogP contribution is -1.95. The minimum atomic E-state index is 0.663. The highest BCUT2D eigenvalue weighted by Gasteiger charge is 2.29. The number of pyridine rings is 1. The summed E-state index contributed by atoms with van der Waals surface area (Å²) in [7, 11) is 1.94. The van der Waals surface area contributed by atoms with Crippen LogP contribution in [0.5, 0.6) is 0 Å². The first-order valence-electron chi connectivity index (χ1n) is 5.15. The van der Waals surface area contributed by atoms with E-state index in [-0.39, 0.29) is 0 Å². The molecule has 0 unspecified atom stereocenters. The molecule has 2 heterocycles. The molecule has 3 rings (SSSR count). The van der Waals surface area contributed by atoms with E-state index in [1.54, 1.807) is 0 Å². The monoisotopic (exact) mass is 265 g/mol. The molecule has 1 aliphatic carbocycles. The molecule has 1 aliphatic rings. The summed E-state index contributed by atoms with van der Waals surface area (Å²) in [6.07, 6.45) is 4.63. The van der Waals surface area contributed by atoms with Gasteiger partial charge in [0.25, 0.3) is 0 Å². The van der Waals surface area contributed by atoms with Crippen molar-refractivity contribution in [2.45, 2.75) is 18.8 Å². The number of halogens is 1. The van der Waals surface area contributed by atoms with E-state index >= 15 is 0 Å². The predicted molar refractivity (Wildman–Crippen MR) is 64.4 cm³/mol. The molecule has 0 atom stereocenters. The van der Waals surface area contributed by atoms with Crippen LogP contribution in [0.25, 0.3) is 5.52 Å². The lowest BCUT2D eigenvalue weighted by Gasteiger charge is -2.04. The Hall–Kier alpha value is -1.03. The Morgan fingerprint density at radius 2 is 2.33 bits per heavy atom. The van der Waals surface area contributed by atoms with E-state index in [9.17, 15) is 0 Å². The second-order valence-corrected chi connectivity index (χ2v) is 4.68. The molecule has 0 aliphatic heterocycles. The average molecular weight is 266 g/mol. The Bertz CT molecular complexity index is 514. The van der Waals surface area contributed by atoms with E-state index in [0.29, 0.717) is 5.92 Å². The molecular formula is C11H12BrN3. The van der Waals surface area contributed by atoms with Gasteiger partial charge in [0, 0.05) is 19.2 Å². The van der Waals surface area contributed by atoms with Crippen LogP contribution < -0.4 is 5.32 Å². The summed E-state index contributed by atoms with van der Waals surface area (Å²) in [5.41, 5.74) is 2.26. The smallest absolute Gasteiger partial charge is 0.134 e. The summed E-state index contributed by atoms with van der Waals surface area (Å²) >= 11 is 3.53. The topological polar surface area (TPSA) is 29.3 Å². The van der Waals surface area contributed by atoms with Gasteiger partial charge in [-0.25, -0.2) is 4.98 Å². The summed E-state index contributed by atoms with van der Waals surface area (Å²) in [5.74, 6) is 1.85. The Kier molecular flexibility index (Phi) is 1.99. The summed E-state index contributed by atoms with van der Waals surface area (Å²) in [4.78, 5) is 4.60. The number of nitrogens with one attached hydrogen (secondary N) is 1. The molecule has 2 aromatic heterocycles. The Labute approximate surface area is 96.6 Å². The average Bonchev–Trinajstić information content (AvgIpc) is 3.04. The third kappa shape index (κ3) is 1.35. The van der Waals surface area contributed by atoms with Gasteiger partial charge in [-0.15, -0.1) is 0 Å². The molecule has 0 aromatic carbocycles. The third-order valence-corrected chi connectivity index (χ3v) is 3.41. The van der Waals surface area contributed by atoms with Crippen molar-refractivity contribution in [2.24, 2.45) is 0 Å². The van der Waals surface area contributed by atoms with Crippen LogP contribution in [0.3, 0.4) is 0 Å². The van der Waals surface area contributed by atoms with E-state index in [2.05, 4.69) is 49.0 Å². The normalized spacial score (nSPS) is 15.9. The van der Waals surface area contributed by atoms with Gasteiger partial charge in [0.05, 0.1) is 5.69 Å². The number of hydrogen-bond donors (Lipinski definition) is 1.